The average molecular weight is 313 g/mol. The van der Waals surface area contributed by atoms with Crippen molar-refractivity contribution in [3.8, 4) is 5.75 Å². The predicted molar refractivity (Wildman–Crippen MR) is 87.5 cm³/mol. The van der Waals surface area contributed by atoms with Gasteiger partial charge in [0.2, 0.25) is 0 Å². The van der Waals surface area contributed by atoms with Gasteiger partial charge >= 0.3 is 5.97 Å². The minimum atomic E-state index is -0.439. The van der Waals surface area contributed by atoms with Crippen LogP contribution in [0.4, 0.5) is 5.69 Å². The lowest BCUT2D eigenvalue weighted by Crippen LogP contribution is -2.21. The van der Waals surface area contributed by atoms with Crippen LogP contribution in [0.15, 0.2) is 48.5 Å². The smallest absolute Gasteiger partial charge is 0.310 e. The fourth-order valence-electron chi connectivity index (χ4n) is 2.12. The van der Waals surface area contributed by atoms with Crippen LogP contribution in [0.2, 0.25) is 0 Å². The Morgan fingerprint density at radius 2 is 1.87 bits per heavy atom. The first kappa shape index (κ1) is 16.5. The van der Waals surface area contributed by atoms with Crippen LogP contribution in [-0.2, 0) is 20.7 Å². The number of hydrogen-bond donors (Lipinski definition) is 1. The van der Waals surface area contributed by atoms with E-state index in [1.54, 1.807) is 24.3 Å². The third-order valence-corrected chi connectivity index (χ3v) is 3.18. The zero-order chi connectivity index (χ0) is 16.7. The lowest BCUT2D eigenvalue weighted by Gasteiger charge is -2.10. The molecule has 0 fully saturated rings. The van der Waals surface area contributed by atoms with E-state index in [4.69, 9.17) is 9.47 Å². The minimum Gasteiger partial charge on any atom is -0.495 e. The summed E-state index contributed by atoms with van der Waals surface area (Å²) >= 11 is 0. The zero-order valence-electron chi connectivity index (χ0n) is 13.2. The van der Waals surface area contributed by atoms with Crippen LogP contribution in [-0.4, -0.2) is 25.6 Å². The molecular weight excluding hydrogens is 294 g/mol. The van der Waals surface area contributed by atoms with Crippen LogP contribution in [0.1, 0.15) is 11.1 Å². The molecular formula is C18H19NO4. The molecule has 0 aromatic heterocycles. The van der Waals surface area contributed by atoms with Gasteiger partial charge in [-0.1, -0.05) is 42.0 Å². The van der Waals surface area contributed by atoms with Gasteiger partial charge in [-0.25, -0.2) is 0 Å². The van der Waals surface area contributed by atoms with Gasteiger partial charge in [-0.2, -0.15) is 0 Å². The summed E-state index contributed by atoms with van der Waals surface area (Å²) in [4.78, 5) is 23.6. The summed E-state index contributed by atoms with van der Waals surface area (Å²) in [6.07, 6.45) is 0.142. The van der Waals surface area contributed by atoms with E-state index >= 15 is 0 Å². The van der Waals surface area contributed by atoms with Gasteiger partial charge in [-0.05, 0) is 24.6 Å². The highest BCUT2D eigenvalue weighted by Gasteiger charge is 2.10. The molecule has 5 heteroatoms. The molecule has 120 valence electrons. The third kappa shape index (κ3) is 5.14. The highest BCUT2D eigenvalue weighted by atomic mass is 16.5. The summed E-state index contributed by atoms with van der Waals surface area (Å²) < 4.78 is 10.1. The van der Waals surface area contributed by atoms with Crippen molar-refractivity contribution in [1.29, 1.82) is 0 Å². The molecule has 0 bridgehead atoms. The number of hydrogen-bond acceptors (Lipinski definition) is 4. The molecule has 0 radical (unpaired) electrons. The number of benzene rings is 2. The molecule has 0 unspecified atom stereocenters. The van der Waals surface area contributed by atoms with Gasteiger partial charge in [0.1, 0.15) is 5.75 Å². The maximum Gasteiger partial charge on any atom is 0.310 e. The second-order valence-electron chi connectivity index (χ2n) is 5.07. The van der Waals surface area contributed by atoms with E-state index in [0.29, 0.717) is 11.4 Å². The average Bonchev–Trinajstić information content (AvgIpc) is 2.53. The van der Waals surface area contributed by atoms with Gasteiger partial charge < -0.3 is 14.8 Å². The van der Waals surface area contributed by atoms with Crippen molar-refractivity contribution in [2.75, 3.05) is 19.0 Å². The lowest BCUT2D eigenvalue weighted by molar-refractivity contribution is -0.146. The van der Waals surface area contributed by atoms with Crippen molar-refractivity contribution in [2.24, 2.45) is 0 Å². The summed E-state index contributed by atoms with van der Waals surface area (Å²) in [6.45, 7) is 1.62. The van der Waals surface area contributed by atoms with E-state index in [0.717, 1.165) is 11.1 Å². The Labute approximate surface area is 135 Å². The first-order valence-electron chi connectivity index (χ1n) is 7.22. The van der Waals surface area contributed by atoms with Crippen molar-refractivity contribution >= 4 is 17.6 Å². The molecule has 5 nitrogen and oxygen atoms in total. The van der Waals surface area contributed by atoms with Gasteiger partial charge in [-0.3, -0.25) is 9.59 Å². The molecule has 0 spiro atoms. The molecule has 2 rings (SSSR count). The number of para-hydroxylation sites is 2. The van der Waals surface area contributed by atoms with E-state index in [-0.39, 0.29) is 13.0 Å². The number of amides is 1. The molecule has 1 amide bonds. The van der Waals surface area contributed by atoms with Crippen LogP contribution in [0.25, 0.3) is 0 Å². The van der Waals surface area contributed by atoms with Crippen molar-refractivity contribution in [3.05, 3.63) is 59.7 Å². The number of rotatable bonds is 6. The molecule has 0 saturated carbocycles. The normalized spacial score (nSPS) is 10.0. The Morgan fingerprint density at radius 1 is 1.09 bits per heavy atom. The van der Waals surface area contributed by atoms with Gasteiger partial charge in [0, 0.05) is 0 Å². The largest absolute Gasteiger partial charge is 0.495 e. The number of anilines is 1. The highest BCUT2D eigenvalue weighted by Crippen LogP contribution is 2.22. The van der Waals surface area contributed by atoms with E-state index < -0.39 is 11.9 Å². The Kier molecular flexibility index (Phi) is 5.74. The van der Waals surface area contributed by atoms with Gasteiger partial charge in [0.15, 0.2) is 6.61 Å². The van der Waals surface area contributed by atoms with Crippen LogP contribution in [0.5, 0.6) is 5.75 Å². The molecule has 1 N–H and O–H groups in total. The maximum atomic E-state index is 11.8. The zero-order valence-corrected chi connectivity index (χ0v) is 13.2. The van der Waals surface area contributed by atoms with Crippen molar-refractivity contribution in [2.45, 2.75) is 13.3 Å². The fraction of sp³-hybridized carbons (Fsp3) is 0.222. The standard InChI is InChI=1S/C18H19NO4/c1-13-6-5-7-14(10-13)11-18(21)23-12-17(20)19-15-8-3-4-9-16(15)22-2/h3-10H,11-12H2,1-2H3,(H,19,20). The number of carbonyl (C=O) groups excluding carboxylic acids is 2. The summed E-state index contributed by atoms with van der Waals surface area (Å²) in [5.74, 6) is -0.301. The second kappa shape index (κ2) is 7.98. The number of esters is 1. The second-order valence-corrected chi connectivity index (χ2v) is 5.07. The number of nitrogens with one attached hydrogen (secondary N) is 1. The molecule has 0 aliphatic carbocycles. The van der Waals surface area contributed by atoms with Crippen LogP contribution >= 0.6 is 0 Å². The number of carbonyl (C=O) groups is 2. The van der Waals surface area contributed by atoms with E-state index in [1.807, 2.05) is 31.2 Å². The van der Waals surface area contributed by atoms with E-state index in [9.17, 15) is 9.59 Å². The summed E-state index contributed by atoms with van der Waals surface area (Å²) in [5.41, 5.74) is 2.47. The van der Waals surface area contributed by atoms with Crippen molar-refractivity contribution < 1.29 is 19.1 Å². The monoisotopic (exact) mass is 313 g/mol. The van der Waals surface area contributed by atoms with Gasteiger partial charge in [-0.15, -0.1) is 0 Å². The van der Waals surface area contributed by atoms with Crippen LogP contribution in [0, 0.1) is 6.92 Å². The SMILES string of the molecule is COc1ccccc1NC(=O)COC(=O)Cc1cccc(C)c1. The Morgan fingerprint density at radius 3 is 2.61 bits per heavy atom. The van der Waals surface area contributed by atoms with Gasteiger partial charge in [0.05, 0.1) is 19.2 Å². The van der Waals surface area contributed by atoms with Crippen LogP contribution < -0.4 is 10.1 Å². The molecule has 0 heterocycles. The Balaban J connectivity index is 1.83. The van der Waals surface area contributed by atoms with Crippen LogP contribution in [0.3, 0.4) is 0 Å². The van der Waals surface area contributed by atoms with Gasteiger partial charge in [0.25, 0.3) is 5.91 Å². The number of methoxy groups -OCH3 is 1. The Bertz CT molecular complexity index is 697. The first-order chi connectivity index (χ1) is 11.1. The topological polar surface area (TPSA) is 64.6 Å². The quantitative estimate of drug-likeness (QED) is 0.833. The highest BCUT2D eigenvalue weighted by molar-refractivity contribution is 5.94. The summed E-state index contributed by atoms with van der Waals surface area (Å²) in [7, 11) is 1.52. The molecule has 2 aromatic carbocycles. The van der Waals surface area contributed by atoms with E-state index in [2.05, 4.69) is 5.32 Å². The summed E-state index contributed by atoms with van der Waals surface area (Å²) in [5, 5.41) is 2.65. The molecule has 23 heavy (non-hydrogen) atoms. The number of ether oxygens (including phenoxy) is 2. The molecule has 0 atom stereocenters. The molecule has 0 aliphatic heterocycles. The maximum absolute atomic E-state index is 11.8. The third-order valence-electron chi connectivity index (χ3n) is 3.18. The molecule has 0 aliphatic rings. The minimum absolute atomic E-state index is 0.142. The summed E-state index contributed by atoms with van der Waals surface area (Å²) in [6, 6.07) is 14.6. The Hall–Kier alpha value is -2.82. The first-order valence-corrected chi connectivity index (χ1v) is 7.22. The number of aryl methyl sites for hydroxylation is 1. The molecule has 2 aromatic rings. The lowest BCUT2D eigenvalue weighted by atomic mass is 10.1. The van der Waals surface area contributed by atoms with Crippen molar-refractivity contribution in [3.63, 3.8) is 0 Å². The molecule has 0 saturated heterocycles. The predicted octanol–water partition coefficient (Wildman–Crippen LogP) is 2.73. The van der Waals surface area contributed by atoms with E-state index in [1.165, 1.54) is 7.11 Å². The fourth-order valence-corrected chi connectivity index (χ4v) is 2.12. The van der Waals surface area contributed by atoms with Crippen molar-refractivity contribution in [1.82, 2.24) is 0 Å².